The minimum Gasteiger partial charge on any atom is -0.370 e. The maximum absolute atomic E-state index is 13.4. The first-order chi connectivity index (χ1) is 19.4. The third-order valence-corrected chi connectivity index (χ3v) is 5.77. The van der Waals surface area contributed by atoms with Gasteiger partial charge in [0, 0.05) is 53.5 Å². The summed E-state index contributed by atoms with van der Waals surface area (Å²) in [6.45, 7) is -10.2. The fourth-order valence-electron chi connectivity index (χ4n) is 4.06. The van der Waals surface area contributed by atoms with Gasteiger partial charge in [0.15, 0.2) is 0 Å². The van der Waals surface area contributed by atoms with Gasteiger partial charge in [-0.15, -0.1) is 0 Å². The van der Waals surface area contributed by atoms with E-state index in [1.807, 2.05) is 6.07 Å². The third-order valence-electron chi connectivity index (χ3n) is 5.77. The fraction of sp³-hybridized carbons (Fsp3) is 0.720. The number of carbonyl (C=O) groups excluding carboxylic acids is 1. The van der Waals surface area contributed by atoms with E-state index in [1.165, 1.54) is 0 Å². The van der Waals surface area contributed by atoms with Crippen molar-refractivity contribution in [1.29, 1.82) is 5.26 Å². The number of hydrogen-bond donors (Lipinski definition) is 0. The van der Waals surface area contributed by atoms with Crippen molar-refractivity contribution in [1.82, 2.24) is 9.88 Å². The Morgan fingerprint density at radius 1 is 1.48 bits per heavy atom. The predicted molar refractivity (Wildman–Crippen MR) is 121 cm³/mol. The van der Waals surface area contributed by atoms with E-state index in [4.69, 9.17) is 17.1 Å². The first-order valence-corrected chi connectivity index (χ1v) is 10.6. The molecule has 4 rings (SSSR count). The van der Waals surface area contributed by atoms with Gasteiger partial charge in [-0.1, -0.05) is 20.6 Å². The van der Waals surface area contributed by atoms with Gasteiger partial charge >= 0.3 is 0 Å². The molecule has 2 aliphatic heterocycles. The minimum absolute atomic E-state index is 0.00501. The fourth-order valence-corrected chi connectivity index (χ4v) is 4.06. The van der Waals surface area contributed by atoms with Crippen LogP contribution in [0.5, 0.6) is 0 Å². The highest BCUT2D eigenvalue weighted by Crippen LogP contribution is 2.46. The van der Waals surface area contributed by atoms with Crippen molar-refractivity contribution in [2.75, 3.05) is 24.4 Å². The Balaban J connectivity index is 2.10. The molecule has 2 fully saturated rings. The predicted octanol–water partition coefficient (Wildman–Crippen LogP) is 4.16. The minimum atomic E-state index is -4.05. The third kappa shape index (κ3) is 4.30. The molecule has 31 heavy (non-hydrogen) atoms. The van der Waals surface area contributed by atoms with Gasteiger partial charge in [0.1, 0.15) is 11.9 Å². The van der Waals surface area contributed by atoms with E-state index in [9.17, 15) is 14.2 Å². The molecule has 0 spiro atoms. The van der Waals surface area contributed by atoms with Gasteiger partial charge in [0.25, 0.3) is 0 Å². The Morgan fingerprint density at radius 3 is 2.90 bits per heavy atom. The second-order valence-electron chi connectivity index (χ2n) is 8.82. The van der Waals surface area contributed by atoms with Crippen LogP contribution in [0.2, 0.25) is 0 Å². The molecule has 1 aliphatic carbocycles. The van der Waals surface area contributed by atoms with Crippen LogP contribution in [0.1, 0.15) is 105 Å². The Kier molecular flexibility index (Phi) is 3.17. The van der Waals surface area contributed by atoms with Crippen LogP contribution in [0.3, 0.4) is 0 Å². The maximum Gasteiger partial charge on any atom is 0.222 e. The topological polar surface area (TPSA) is 69.5 Å². The van der Waals surface area contributed by atoms with E-state index in [0.29, 0.717) is 21.7 Å². The summed E-state index contributed by atoms with van der Waals surface area (Å²) in [6, 6.07) is -1.86. The first kappa shape index (κ1) is 11.7. The molecule has 0 unspecified atom stereocenters. The van der Waals surface area contributed by atoms with Gasteiger partial charge in [-0.3, -0.25) is 4.79 Å². The molecule has 1 aromatic rings. The summed E-state index contributed by atoms with van der Waals surface area (Å²) in [7, 11) is 0. The summed E-state index contributed by atoms with van der Waals surface area (Å²) in [6.07, 6.45) is 1.34. The highest BCUT2D eigenvalue weighted by molar-refractivity contribution is 5.77. The molecule has 1 atom stereocenters. The molecular formula is C25H36N4O2. The lowest BCUT2D eigenvalue weighted by atomic mass is 9.87. The molecule has 1 aromatic heterocycles. The molecule has 168 valence electrons. The monoisotopic (exact) mass is 436 g/mol. The van der Waals surface area contributed by atoms with E-state index in [2.05, 4.69) is 4.98 Å². The van der Waals surface area contributed by atoms with E-state index in [0.717, 1.165) is 12.8 Å². The Hall–Kier alpha value is -2.13. The summed E-state index contributed by atoms with van der Waals surface area (Å²) in [4.78, 5) is 18.6. The molecule has 0 N–H and O–H groups in total. The number of pyridine rings is 1. The first-order valence-electron chi connectivity index (χ1n) is 16.6. The van der Waals surface area contributed by atoms with Crippen molar-refractivity contribution in [3.05, 3.63) is 22.4 Å². The lowest BCUT2D eigenvalue weighted by molar-refractivity contribution is -0.135. The highest BCUT2D eigenvalue weighted by Gasteiger charge is 2.39. The van der Waals surface area contributed by atoms with Crippen LogP contribution < -0.4 is 4.90 Å². The molecule has 3 aliphatic rings. The zero-order chi connectivity index (χ0) is 32.8. The molecule has 0 radical (unpaired) electrons. The van der Waals surface area contributed by atoms with E-state index >= 15 is 0 Å². The second-order valence-corrected chi connectivity index (χ2v) is 8.82. The van der Waals surface area contributed by atoms with Crippen molar-refractivity contribution in [2.45, 2.75) is 90.7 Å². The zero-order valence-electron chi connectivity index (χ0n) is 30.1. The normalized spacial score (nSPS) is 35.4. The number of ether oxygens (including phenoxy) is 1. The molecule has 3 heterocycles. The Bertz CT molecular complexity index is 1340. The van der Waals surface area contributed by atoms with Crippen molar-refractivity contribution in [3.8, 4) is 6.07 Å². The summed E-state index contributed by atoms with van der Waals surface area (Å²) in [5.41, 5.74) is 0.768. The van der Waals surface area contributed by atoms with Crippen molar-refractivity contribution >= 4 is 11.7 Å². The van der Waals surface area contributed by atoms with Gasteiger partial charge in [-0.2, -0.15) is 5.26 Å². The molecule has 1 saturated heterocycles. The molecule has 1 saturated carbocycles. The van der Waals surface area contributed by atoms with Crippen molar-refractivity contribution in [3.63, 3.8) is 0 Å². The van der Waals surface area contributed by atoms with Crippen molar-refractivity contribution < 1.29 is 26.0 Å². The van der Waals surface area contributed by atoms with Crippen LogP contribution in [0.15, 0.2) is 0 Å². The van der Waals surface area contributed by atoms with Crippen LogP contribution in [-0.4, -0.2) is 46.9 Å². The van der Waals surface area contributed by atoms with Crippen molar-refractivity contribution in [2.24, 2.45) is 5.89 Å². The molecule has 6 heteroatoms. The average Bonchev–Trinajstić information content (AvgIpc) is 3.68. The average molecular weight is 437 g/mol. The number of anilines is 1. The Morgan fingerprint density at radius 2 is 2.26 bits per heavy atom. The quantitative estimate of drug-likeness (QED) is 0.693. The van der Waals surface area contributed by atoms with E-state index < -0.39 is 68.9 Å². The number of amides is 1. The van der Waals surface area contributed by atoms with Gasteiger partial charge in [-0.25, -0.2) is 4.98 Å². The number of nitriles is 1. The van der Waals surface area contributed by atoms with Crippen LogP contribution >= 0.6 is 0 Å². The lowest BCUT2D eigenvalue weighted by Crippen LogP contribution is -2.57. The van der Waals surface area contributed by atoms with Crippen LogP contribution in [0.25, 0.3) is 0 Å². The number of rotatable bonds is 5. The van der Waals surface area contributed by atoms with Gasteiger partial charge < -0.3 is 14.5 Å². The summed E-state index contributed by atoms with van der Waals surface area (Å²) in [5, 5.41) is 10.4. The van der Waals surface area contributed by atoms with E-state index in [1.54, 1.807) is 20.8 Å². The molecular weight excluding hydrogens is 388 g/mol. The van der Waals surface area contributed by atoms with Crippen LogP contribution in [0, 0.1) is 17.2 Å². The summed E-state index contributed by atoms with van der Waals surface area (Å²) < 4.78 is 109. The summed E-state index contributed by atoms with van der Waals surface area (Å²) in [5.74, 6) is -5.72. The molecule has 0 bridgehead atoms. The lowest BCUT2D eigenvalue weighted by Gasteiger charge is -2.44. The zero-order valence-corrected chi connectivity index (χ0v) is 18.1. The highest BCUT2D eigenvalue weighted by atomic mass is 16.5. The van der Waals surface area contributed by atoms with Gasteiger partial charge in [-0.05, 0) is 44.6 Å². The standard InChI is InChI=1S/C25H36N4O2/c1-6-7-22(30)29-11-10-28(14-21(29)16(2)3)24-19(13-26)18-12-25(4,5)31-15-20(18)23(27-24)17-8-9-17/h16-17,21H,6-12,14-15H2,1-5H3/t21-/m0/s1/i2D3,3D3,11D2,14D2,16D,21D. The van der Waals surface area contributed by atoms with Gasteiger partial charge in [0.05, 0.1) is 36.3 Å². The number of piperazine rings is 1. The number of carbonyl (C=O) groups is 1. The van der Waals surface area contributed by atoms with E-state index in [-0.39, 0.29) is 35.8 Å². The Labute approximate surface area is 203 Å². The second kappa shape index (κ2) is 8.43. The SMILES string of the molecule is [2H]C1([2H])CN(c2nc(C3CC3)c3c(c2C#N)CC(C)(C)OC3)C([2H])([2H])[C@@]([2H])(C([2H])(C([2H])([2H])[2H])C([2H])([2H])[2H])N1C(=O)CCC. The molecule has 1 amide bonds. The number of hydrogen-bond acceptors (Lipinski definition) is 5. The maximum atomic E-state index is 13.4. The number of nitrogens with zero attached hydrogens (tertiary/aromatic N) is 4. The number of aromatic nitrogens is 1. The van der Waals surface area contributed by atoms with Crippen LogP contribution in [0.4, 0.5) is 5.82 Å². The number of fused-ring (bicyclic) bond motifs is 1. The van der Waals surface area contributed by atoms with Crippen LogP contribution in [-0.2, 0) is 22.6 Å². The molecule has 0 aromatic carbocycles. The largest absolute Gasteiger partial charge is 0.370 e. The summed E-state index contributed by atoms with van der Waals surface area (Å²) >= 11 is 0. The van der Waals surface area contributed by atoms with Gasteiger partial charge in [0.2, 0.25) is 5.91 Å². The smallest absolute Gasteiger partial charge is 0.222 e. The molecule has 6 nitrogen and oxygen atoms in total.